The van der Waals surface area contributed by atoms with E-state index < -0.39 is 0 Å². The smallest absolute Gasteiger partial charge is 0.160 e. The zero-order valence-electron chi connectivity index (χ0n) is 35.1. The van der Waals surface area contributed by atoms with Crippen molar-refractivity contribution in [2.24, 2.45) is 0 Å². The summed E-state index contributed by atoms with van der Waals surface area (Å²) in [4.78, 5) is 11.0. The van der Waals surface area contributed by atoms with Crippen molar-refractivity contribution in [2.45, 2.75) is 0 Å². The minimum Gasteiger partial charge on any atom is -0.456 e. The summed E-state index contributed by atoms with van der Waals surface area (Å²) in [6.07, 6.45) is 0. The van der Waals surface area contributed by atoms with Crippen LogP contribution in [0.1, 0.15) is 0 Å². The van der Waals surface area contributed by atoms with E-state index in [4.69, 9.17) is 23.2 Å². The van der Waals surface area contributed by atoms with Gasteiger partial charge in [0.05, 0.1) is 33.5 Å². The molecular formula is C60H33N3O3. The van der Waals surface area contributed by atoms with E-state index in [9.17, 15) is 0 Å². The third kappa shape index (κ3) is 5.06. The number of aromatic nitrogens is 3. The van der Waals surface area contributed by atoms with E-state index in [1.165, 1.54) is 21.5 Å². The quantitative estimate of drug-likeness (QED) is 0.176. The van der Waals surface area contributed by atoms with Crippen LogP contribution in [0.3, 0.4) is 0 Å². The van der Waals surface area contributed by atoms with Gasteiger partial charge in [0.15, 0.2) is 5.82 Å². The first-order valence-electron chi connectivity index (χ1n) is 22.2. The molecule has 0 amide bonds. The topological polar surface area (TPSA) is 70.1 Å². The van der Waals surface area contributed by atoms with E-state index in [1.54, 1.807) is 0 Å². The fourth-order valence-electron chi connectivity index (χ4n) is 10.5. The monoisotopic (exact) mass is 843 g/mol. The van der Waals surface area contributed by atoms with Crippen molar-refractivity contribution >= 4 is 109 Å². The molecule has 6 nitrogen and oxygen atoms in total. The molecule has 0 saturated heterocycles. The zero-order chi connectivity index (χ0) is 43.0. The molecule has 0 saturated carbocycles. The molecule has 0 aliphatic carbocycles. The summed E-state index contributed by atoms with van der Waals surface area (Å²) in [5.41, 5.74) is 12.0. The molecule has 0 N–H and O–H groups in total. The minimum atomic E-state index is 0.545. The summed E-state index contributed by atoms with van der Waals surface area (Å²) >= 11 is 0. The molecule has 0 bridgehead atoms. The lowest BCUT2D eigenvalue weighted by molar-refractivity contribution is 0.669. The summed E-state index contributed by atoms with van der Waals surface area (Å²) in [6.45, 7) is 0. The van der Waals surface area contributed by atoms with Gasteiger partial charge in [0.25, 0.3) is 0 Å². The Morgan fingerprint density at radius 2 is 0.864 bits per heavy atom. The number of hydrogen-bond acceptors (Lipinski definition) is 5. The van der Waals surface area contributed by atoms with Crippen LogP contribution in [0.15, 0.2) is 213 Å². The molecule has 15 aromatic rings. The standard InChI is InChI=1S/C60H33N3O3/c1-3-15-36-29-51-46(27-34(36)13-1)39-17-5-8-24-50(39)63(51)52-30-38(32-56-57(52)47-28-35-14-2-4-16-37(35)31-55(47)64-56)60-61-48(44-22-11-20-42-40-18-6-9-25-53(40)65-58(42)44)33-49(62-60)45-23-12-21-43-41-19-7-10-26-54(41)66-59(43)45/h1-33H. The molecule has 0 fully saturated rings. The lowest BCUT2D eigenvalue weighted by Gasteiger charge is -2.14. The van der Waals surface area contributed by atoms with E-state index in [0.717, 1.165) is 121 Å². The van der Waals surface area contributed by atoms with Crippen LogP contribution in [-0.2, 0) is 0 Å². The molecule has 0 atom stereocenters. The first kappa shape index (κ1) is 35.5. The van der Waals surface area contributed by atoms with Gasteiger partial charge in [-0.2, -0.15) is 0 Å². The lowest BCUT2D eigenvalue weighted by atomic mass is 10.0. The summed E-state index contributed by atoms with van der Waals surface area (Å²) < 4.78 is 22.7. The van der Waals surface area contributed by atoms with E-state index in [1.807, 2.05) is 36.4 Å². The second kappa shape index (κ2) is 13.3. The number of benzene rings is 10. The van der Waals surface area contributed by atoms with Crippen LogP contribution >= 0.6 is 0 Å². The lowest BCUT2D eigenvalue weighted by Crippen LogP contribution is -1.99. The molecule has 0 unspecified atom stereocenters. The molecule has 0 spiro atoms. The number of hydrogen-bond donors (Lipinski definition) is 0. The van der Waals surface area contributed by atoms with Crippen LogP contribution in [0.5, 0.6) is 0 Å². The molecule has 0 aliphatic rings. The van der Waals surface area contributed by atoms with Crippen LogP contribution in [0.4, 0.5) is 0 Å². The van der Waals surface area contributed by atoms with Gasteiger partial charge in [-0.05, 0) is 94.3 Å². The highest BCUT2D eigenvalue weighted by Crippen LogP contribution is 2.44. The Bertz CT molecular complexity index is 4410. The normalized spacial score (nSPS) is 12.2. The maximum atomic E-state index is 6.97. The van der Waals surface area contributed by atoms with Gasteiger partial charge >= 0.3 is 0 Å². The molecule has 5 heterocycles. The van der Waals surface area contributed by atoms with E-state index in [0.29, 0.717) is 5.82 Å². The number of fused-ring (bicyclic) bond motifs is 14. The van der Waals surface area contributed by atoms with E-state index >= 15 is 0 Å². The van der Waals surface area contributed by atoms with Crippen molar-refractivity contribution in [3.05, 3.63) is 200 Å². The van der Waals surface area contributed by atoms with Gasteiger partial charge in [-0.1, -0.05) is 127 Å². The molecule has 15 rings (SSSR count). The van der Waals surface area contributed by atoms with Crippen molar-refractivity contribution in [3.8, 4) is 39.6 Å². The fraction of sp³-hybridized carbons (Fsp3) is 0. The van der Waals surface area contributed by atoms with Crippen LogP contribution in [0, 0.1) is 0 Å². The zero-order valence-corrected chi connectivity index (χ0v) is 35.1. The van der Waals surface area contributed by atoms with Gasteiger partial charge < -0.3 is 17.8 Å². The van der Waals surface area contributed by atoms with E-state index in [2.05, 4.69) is 168 Å². The second-order valence-corrected chi connectivity index (χ2v) is 17.3. The Morgan fingerprint density at radius 1 is 0.333 bits per heavy atom. The number of nitrogens with zero attached hydrogens (tertiary/aromatic N) is 3. The highest BCUT2D eigenvalue weighted by atomic mass is 16.3. The Labute approximate surface area is 375 Å². The SMILES string of the molecule is c1ccc2cc3c(cc2c1)oc1cc(-c2nc(-c4cccc5c4oc4ccccc45)cc(-c4cccc5c4oc4ccccc45)n2)cc(-n2c4ccccc4c4cc5ccccc5cc42)c13. The number of rotatable bonds is 4. The molecule has 10 aromatic carbocycles. The maximum Gasteiger partial charge on any atom is 0.160 e. The average molecular weight is 844 g/mol. The van der Waals surface area contributed by atoms with Crippen molar-refractivity contribution < 1.29 is 13.3 Å². The van der Waals surface area contributed by atoms with Crippen molar-refractivity contribution in [3.63, 3.8) is 0 Å². The molecule has 0 radical (unpaired) electrons. The molecule has 66 heavy (non-hydrogen) atoms. The predicted octanol–water partition coefficient (Wildman–Crippen LogP) is 16.6. The highest BCUT2D eigenvalue weighted by Gasteiger charge is 2.24. The van der Waals surface area contributed by atoms with Gasteiger partial charge in [0, 0.05) is 54.4 Å². The van der Waals surface area contributed by atoms with E-state index in [-0.39, 0.29) is 0 Å². The third-order valence-electron chi connectivity index (χ3n) is 13.5. The molecule has 0 aliphatic heterocycles. The van der Waals surface area contributed by atoms with Crippen molar-refractivity contribution in [2.75, 3.05) is 0 Å². The van der Waals surface area contributed by atoms with Crippen LogP contribution < -0.4 is 0 Å². The molecule has 6 heteroatoms. The van der Waals surface area contributed by atoms with Gasteiger partial charge in [-0.3, -0.25) is 0 Å². The summed E-state index contributed by atoms with van der Waals surface area (Å²) in [6, 6.07) is 70.1. The Kier molecular flexibility index (Phi) is 7.13. The first-order valence-corrected chi connectivity index (χ1v) is 22.2. The van der Waals surface area contributed by atoms with Crippen LogP contribution in [-0.4, -0.2) is 14.5 Å². The third-order valence-corrected chi connectivity index (χ3v) is 13.5. The van der Waals surface area contributed by atoms with Crippen LogP contribution in [0.25, 0.3) is 149 Å². The van der Waals surface area contributed by atoms with Gasteiger partial charge in [-0.15, -0.1) is 0 Å². The summed E-state index contributed by atoms with van der Waals surface area (Å²) in [5.74, 6) is 0.545. The molecular weight excluding hydrogens is 811 g/mol. The Hall–Kier alpha value is -9.00. The van der Waals surface area contributed by atoms with Crippen molar-refractivity contribution in [1.29, 1.82) is 0 Å². The van der Waals surface area contributed by atoms with Gasteiger partial charge in [0.2, 0.25) is 0 Å². The predicted molar refractivity (Wildman–Crippen MR) is 270 cm³/mol. The summed E-state index contributed by atoms with van der Waals surface area (Å²) in [5, 5.41) is 13.2. The van der Waals surface area contributed by atoms with Gasteiger partial charge in [0.1, 0.15) is 33.5 Å². The average Bonchev–Trinajstić information content (AvgIpc) is 4.13. The van der Waals surface area contributed by atoms with Crippen LogP contribution in [0.2, 0.25) is 0 Å². The Morgan fingerprint density at radius 3 is 1.52 bits per heavy atom. The summed E-state index contributed by atoms with van der Waals surface area (Å²) in [7, 11) is 0. The first-order chi connectivity index (χ1) is 32.7. The minimum absolute atomic E-state index is 0.545. The second-order valence-electron chi connectivity index (χ2n) is 17.3. The fourth-order valence-corrected chi connectivity index (χ4v) is 10.5. The number of para-hydroxylation sites is 5. The number of furan rings is 3. The highest BCUT2D eigenvalue weighted by molar-refractivity contribution is 6.19. The Balaban J connectivity index is 1.07. The van der Waals surface area contributed by atoms with Gasteiger partial charge in [-0.25, -0.2) is 9.97 Å². The largest absolute Gasteiger partial charge is 0.456 e. The maximum absolute atomic E-state index is 6.97. The molecule has 306 valence electrons. The van der Waals surface area contributed by atoms with Crippen molar-refractivity contribution in [1.82, 2.24) is 14.5 Å². The molecule has 5 aromatic heterocycles.